The van der Waals surface area contributed by atoms with Crippen LogP contribution in [0.4, 0.5) is 0 Å². The van der Waals surface area contributed by atoms with Crippen molar-refractivity contribution in [2.24, 2.45) is 0 Å². The van der Waals surface area contributed by atoms with Crippen molar-refractivity contribution in [3.8, 4) is 0 Å². The summed E-state index contributed by atoms with van der Waals surface area (Å²) in [6.07, 6.45) is 4.06. The quantitative estimate of drug-likeness (QED) is 0.152. The van der Waals surface area contributed by atoms with Crippen molar-refractivity contribution in [2.75, 3.05) is 30.8 Å². The highest BCUT2D eigenvalue weighted by atomic mass is 127. The highest BCUT2D eigenvalue weighted by molar-refractivity contribution is 14.1. The lowest BCUT2D eigenvalue weighted by Gasteiger charge is -2.39. The van der Waals surface area contributed by atoms with Gasteiger partial charge < -0.3 is 9.22 Å². The number of esters is 1. The molecule has 0 aromatic carbocycles. The molecule has 7 heteroatoms. The van der Waals surface area contributed by atoms with Crippen LogP contribution in [0.5, 0.6) is 0 Å². The lowest BCUT2D eigenvalue weighted by molar-refractivity contribution is -0.917. The Morgan fingerprint density at radius 1 is 1.30 bits per heavy atom. The summed E-state index contributed by atoms with van der Waals surface area (Å²) in [6.45, 7) is 7.38. The number of alkyl halides is 1. The zero-order valence-corrected chi connectivity index (χ0v) is 15.9. The molecule has 1 rings (SSSR count). The average molecular weight is 438 g/mol. The van der Waals surface area contributed by atoms with Crippen LogP contribution in [0.2, 0.25) is 0 Å². The van der Waals surface area contributed by atoms with Crippen LogP contribution in [0.15, 0.2) is 0 Å². The summed E-state index contributed by atoms with van der Waals surface area (Å²) in [7, 11) is 0. The van der Waals surface area contributed by atoms with Gasteiger partial charge in [0.1, 0.15) is 17.7 Å². The molecule has 1 heterocycles. The second-order valence-corrected chi connectivity index (χ2v) is 7.67. The van der Waals surface area contributed by atoms with Gasteiger partial charge in [0.05, 0.1) is 25.0 Å². The molecule has 0 N–H and O–H groups in total. The van der Waals surface area contributed by atoms with Crippen molar-refractivity contribution in [2.45, 2.75) is 45.1 Å². The predicted molar refractivity (Wildman–Crippen MR) is 90.8 cm³/mol. The third kappa shape index (κ3) is 5.83. The number of carbonyl (C=O) groups is 1. The smallest absolute Gasteiger partial charge is 0.307 e. The van der Waals surface area contributed by atoms with E-state index in [2.05, 4.69) is 22.6 Å². The highest BCUT2D eigenvalue weighted by Gasteiger charge is 2.31. The molecule has 0 aromatic heterocycles. The molecule has 118 valence electrons. The number of quaternary nitrogens is 1. The summed E-state index contributed by atoms with van der Waals surface area (Å²) in [4.78, 5) is 11.8. The number of ether oxygens (including phenoxy) is 1. The zero-order chi connectivity index (χ0) is 15.2. The summed E-state index contributed by atoms with van der Waals surface area (Å²) in [5, 5.41) is 0. The third-order valence-electron chi connectivity index (χ3n) is 3.88. The van der Waals surface area contributed by atoms with Gasteiger partial charge >= 0.3 is 5.97 Å². The summed E-state index contributed by atoms with van der Waals surface area (Å²) in [5.41, 5.74) is -0.610. The van der Waals surface area contributed by atoms with Crippen LogP contribution in [0, 0.1) is 0 Å². The van der Waals surface area contributed by atoms with E-state index in [9.17, 15) is 4.79 Å². The minimum Gasteiger partial charge on any atom is -0.460 e. The Balaban J connectivity index is 2.34. The Morgan fingerprint density at radius 2 is 1.90 bits per heavy atom. The normalized spacial score (nSPS) is 19.1. The lowest BCUT2D eigenvalue weighted by Crippen LogP contribution is -2.52. The molecule has 1 saturated heterocycles. The lowest BCUT2D eigenvalue weighted by atomic mass is 10.0. The topological polar surface area (TPSA) is 29.5 Å². The monoisotopic (exact) mass is 437 g/mol. The first-order chi connectivity index (χ1) is 9.31. The number of halogens is 3. The first-order valence-corrected chi connectivity index (χ1v) is 9.20. The number of hydrogen-bond donors (Lipinski definition) is 0. The number of piperidine rings is 1. The molecular formula is C13H24Cl2IN2O2+. The SMILES string of the molecule is CC(C)(CC(=O)OCC[N+]1(CI)CCCCC1)N(Cl)Cl. The van der Waals surface area contributed by atoms with Gasteiger partial charge in [-0.15, -0.1) is 3.94 Å². The molecule has 1 fully saturated rings. The van der Waals surface area contributed by atoms with Crippen molar-refractivity contribution < 1.29 is 14.0 Å². The van der Waals surface area contributed by atoms with Gasteiger partial charge in [-0.1, -0.05) is 0 Å². The van der Waals surface area contributed by atoms with Gasteiger partial charge in [-0.05, 0) is 79.3 Å². The van der Waals surface area contributed by atoms with E-state index >= 15 is 0 Å². The molecule has 1 aliphatic heterocycles. The van der Waals surface area contributed by atoms with E-state index in [0.717, 1.165) is 19.5 Å². The van der Waals surface area contributed by atoms with E-state index in [1.807, 2.05) is 0 Å². The van der Waals surface area contributed by atoms with Crippen molar-refractivity contribution in [1.29, 1.82) is 0 Å². The standard InChI is InChI=1S/C13H24Cl2IN2O2/c1-13(2,17(14)15)10-12(19)20-9-8-18(11-16)6-4-3-5-7-18/h3-11H2,1-2H3/q+1. The maximum atomic E-state index is 11.8. The predicted octanol–water partition coefficient (Wildman–Crippen LogP) is 3.70. The van der Waals surface area contributed by atoms with Gasteiger partial charge in [0.15, 0.2) is 0 Å². The number of likely N-dealkylation sites (tertiary alicyclic amines) is 1. The van der Waals surface area contributed by atoms with Gasteiger partial charge in [0.25, 0.3) is 0 Å². The van der Waals surface area contributed by atoms with Crippen LogP contribution < -0.4 is 0 Å². The molecule has 0 atom stereocenters. The van der Waals surface area contributed by atoms with Crippen LogP contribution in [-0.4, -0.2) is 50.7 Å². The van der Waals surface area contributed by atoms with Crippen LogP contribution in [0.1, 0.15) is 39.5 Å². The fourth-order valence-electron chi connectivity index (χ4n) is 2.40. The molecule has 0 aromatic rings. The van der Waals surface area contributed by atoms with E-state index < -0.39 is 5.54 Å². The molecule has 4 nitrogen and oxygen atoms in total. The fraction of sp³-hybridized carbons (Fsp3) is 0.923. The number of rotatable bonds is 7. The molecule has 0 saturated carbocycles. The van der Waals surface area contributed by atoms with E-state index in [-0.39, 0.29) is 12.4 Å². The molecule has 0 radical (unpaired) electrons. The van der Waals surface area contributed by atoms with Crippen LogP contribution in [-0.2, 0) is 9.53 Å². The van der Waals surface area contributed by atoms with Gasteiger partial charge in [-0.25, -0.2) is 0 Å². The largest absolute Gasteiger partial charge is 0.460 e. The molecule has 1 aliphatic rings. The first-order valence-electron chi connectivity index (χ1n) is 7.00. The minimum atomic E-state index is -0.610. The molecule has 0 amide bonds. The number of hydrogen-bond acceptors (Lipinski definition) is 3. The second-order valence-electron chi connectivity index (χ2n) is 6.14. The van der Waals surface area contributed by atoms with Crippen molar-refractivity contribution in [3.05, 3.63) is 0 Å². The fourth-order valence-corrected chi connectivity index (χ4v) is 3.55. The summed E-state index contributed by atoms with van der Waals surface area (Å²) in [5.74, 6) is -0.245. The molecule has 0 spiro atoms. The highest BCUT2D eigenvalue weighted by Crippen LogP contribution is 2.24. The van der Waals surface area contributed by atoms with E-state index in [1.165, 1.54) is 32.4 Å². The molecule has 0 aliphatic carbocycles. The summed E-state index contributed by atoms with van der Waals surface area (Å²) in [6, 6.07) is 0. The number of nitrogens with zero attached hydrogens (tertiary/aromatic N) is 2. The maximum Gasteiger partial charge on any atom is 0.307 e. The first kappa shape index (κ1) is 18.7. The van der Waals surface area contributed by atoms with Crippen molar-refractivity contribution in [3.63, 3.8) is 0 Å². The Kier molecular flexibility index (Phi) is 7.84. The number of carbonyl (C=O) groups excluding carboxylic acids is 1. The Hall–Kier alpha value is 0.700. The zero-order valence-electron chi connectivity index (χ0n) is 12.2. The average Bonchev–Trinajstić information content (AvgIpc) is 2.39. The molecule has 0 bridgehead atoms. The summed E-state index contributed by atoms with van der Waals surface area (Å²) < 4.78 is 8.51. The van der Waals surface area contributed by atoms with E-state index in [4.69, 9.17) is 28.3 Å². The van der Waals surface area contributed by atoms with Crippen LogP contribution in [0.3, 0.4) is 0 Å². The van der Waals surface area contributed by atoms with Crippen LogP contribution in [0.25, 0.3) is 0 Å². The van der Waals surface area contributed by atoms with Gasteiger partial charge in [-0.2, -0.15) is 0 Å². The van der Waals surface area contributed by atoms with Gasteiger partial charge in [0.2, 0.25) is 0 Å². The van der Waals surface area contributed by atoms with Gasteiger partial charge in [-0.3, -0.25) is 4.79 Å². The molecule has 0 unspecified atom stereocenters. The Morgan fingerprint density at radius 3 is 2.40 bits per heavy atom. The van der Waals surface area contributed by atoms with Crippen molar-refractivity contribution in [1.82, 2.24) is 3.94 Å². The Labute approximate surface area is 145 Å². The second kappa shape index (κ2) is 8.36. The van der Waals surface area contributed by atoms with Crippen molar-refractivity contribution >= 4 is 52.1 Å². The van der Waals surface area contributed by atoms with E-state index in [1.54, 1.807) is 13.8 Å². The van der Waals surface area contributed by atoms with E-state index in [0.29, 0.717) is 6.61 Å². The van der Waals surface area contributed by atoms with Crippen LogP contribution >= 0.6 is 46.1 Å². The van der Waals surface area contributed by atoms with Gasteiger partial charge in [0, 0.05) is 0 Å². The Bertz CT molecular complexity index is 321. The third-order valence-corrected chi connectivity index (χ3v) is 6.24. The summed E-state index contributed by atoms with van der Waals surface area (Å²) >= 11 is 13.8. The molecule has 20 heavy (non-hydrogen) atoms. The maximum absolute atomic E-state index is 11.8. The molecular weight excluding hydrogens is 414 g/mol. The minimum absolute atomic E-state index is 0.185.